The molecule has 1 aromatic carbocycles. The first-order chi connectivity index (χ1) is 12.8. The van der Waals surface area contributed by atoms with E-state index in [0.717, 1.165) is 24.3 Å². The van der Waals surface area contributed by atoms with Crippen molar-refractivity contribution in [3.05, 3.63) is 60.6 Å². The van der Waals surface area contributed by atoms with Gasteiger partial charge in [0.1, 0.15) is 5.82 Å². The van der Waals surface area contributed by atoms with E-state index in [0.29, 0.717) is 18.8 Å². The second-order valence-corrected chi connectivity index (χ2v) is 6.17. The van der Waals surface area contributed by atoms with Gasteiger partial charge in [0.05, 0.1) is 11.9 Å². The molecular formula is C18H19N7O. The third-order valence-electron chi connectivity index (χ3n) is 4.40. The maximum absolute atomic E-state index is 12.7. The maximum Gasteiger partial charge on any atom is 0.276 e. The summed E-state index contributed by atoms with van der Waals surface area (Å²) in [6, 6.07) is 13.6. The molecule has 2 aromatic heterocycles. The largest absolute Gasteiger partial charge is 0.366 e. The standard InChI is InChI=1S/C18H19N7O/c26-18(16-13-20-25(23-16)15-5-2-1-3-6-15)24-11-8-14(9-12-24)21-17-7-4-10-19-22-17/h1-7,10,13-14H,8-9,11-12H2,(H,21,22). The van der Waals surface area contributed by atoms with Crippen LogP contribution in [0, 0.1) is 0 Å². The Bertz CT molecular complexity index is 858. The number of carbonyl (C=O) groups is 1. The molecule has 0 saturated carbocycles. The van der Waals surface area contributed by atoms with E-state index in [1.807, 2.05) is 47.4 Å². The van der Waals surface area contributed by atoms with Gasteiger partial charge in [0, 0.05) is 25.3 Å². The molecule has 1 saturated heterocycles. The molecule has 3 heterocycles. The number of amides is 1. The molecule has 0 atom stereocenters. The van der Waals surface area contributed by atoms with Crippen LogP contribution in [0.25, 0.3) is 5.69 Å². The number of para-hydroxylation sites is 1. The minimum atomic E-state index is -0.0786. The van der Waals surface area contributed by atoms with E-state index in [2.05, 4.69) is 25.7 Å². The van der Waals surface area contributed by atoms with E-state index in [9.17, 15) is 4.79 Å². The summed E-state index contributed by atoms with van der Waals surface area (Å²) in [6.45, 7) is 1.35. The number of hydrogen-bond acceptors (Lipinski definition) is 6. The molecule has 0 unspecified atom stereocenters. The molecule has 1 aliphatic heterocycles. The van der Waals surface area contributed by atoms with Crippen molar-refractivity contribution in [2.75, 3.05) is 18.4 Å². The number of aromatic nitrogens is 5. The molecule has 1 aliphatic rings. The SMILES string of the molecule is O=C(c1cnn(-c2ccccc2)n1)N1CCC(Nc2cccnn2)CC1. The molecule has 0 spiro atoms. The topological polar surface area (TPSA) is 88.8 Å². The highest BCUT2D eigenvalue weighted by Crippen LogP contribution is 2.16. The summed E-state index contributed by atoms with van der Waals surface area (Å²) in [4.78, 5) is 16.0. The van der Waals surface area contributed by atoms with Crippen molar-refractivity contribution in [1.82, 2.24) is 30.1 Å². The van der Waals surface area contributed by atoms with E-state index in [4.69, 9.17) is 0 Å². The Morgan fingerprint density at radius 1 is 1.08 bits per heavy atom. The number of hydrogen-bond donors (Lipinski definition) is 1. The zero-order chi connectivity index (χ0) is 17.8. The van der Waals surface area contributed by atoms with Gasteiger partial charge in [-0.15, -0.1) is 10.2 Å². The van der Waals surface area contributed by atoms with Gasteiger partial charge in [-0.2, -0.15) is 15.0 Å². The molecule has 1 N–H and O–H groups in total. The number of nitrogens with one attached hydrogen (secondary N) is 1. The first kappa shape index (κ1) is 16.2. The van der Waals surface area contributed by atoms with Crippen molar-refractivity contribution in [1.29, 1.82) is 0 Å². The summed E-state index contributed by atoms with van der Waals surface area (Å²) < 4.78 is 0. The lowest BCUT2D eigenvalue weighted by atomic mass is 10.0. The van der Waals surface area contributed by atoms with Crippen molar-refractivity contribution in [3.63, 3.8) is 0 Å². The van der Waals surface area contributed by atoms with Crippen LogP contribution in [0.4, 0.5) is 5.82 Å². The number of carbonyl (C=O) groups excluding carboxylic acids is 1. The normalized spacial score (nSPS) is 15.0. The van der Waals surface area contributed by atoms with Crippen LogP contribution >= 0.6 is 0 Å². The fourth-order valence-corrected chi connectivity index (χ4v) is 3.02. The second-order valence-electron chi connectivity index (χ2n) is 6.17. The van der Waals surface area contributed by atoms with E-state index in [1.165, 1.54) is 11.0 Å². The molecule has 0 radical (unpaired) electrons. The summed E-state index contributed by atoms with van der Waals surface area (Å²) >= 11 is 0. The minimum Gasteiger partial charge on any atom is -0.366 e. The highest BCUT2D eigenvalue weighted by atomic mass is 16.2. The molecule has 0 bridgehead atoms. The molecule has 3 aromatic rings. The lowest BCUT2D eigenvalue weighted by molar-refractivity contribution is 0.0712. The molecule has 8 heteroatoms. The van der Waals surface area contributed by atoms with E-state index in [-0.39, 0.29) is 11.9 Å². The molecule has 4 rings (SSSR count). The zero-order valence-corrected chi connectivity index (χ0v) is 14.2. The van der Waals surface area contributed by atoms with Crippen LogP contribution in [0.5, 0.6) is 0 Å². The smallest absolute Gasteiger partial charge is 0.276 e. The lowest BCUT2D eigenvalue weighted by Crippen LogP contribution is -2.42. The number of likely N-dealkylation sites (tertiary alicyclic amines) is 1. The Balaban J connectivity index is 1.36. The molecule has 26 heavy (non-hydrogen) atoms. The van der Waals surface area contributed by atoms with Gasteiger partial charge in [0.25, 0.3) is 5.91 Å². The summed E-state index contributed by atoms with van der Waals surface area (Å²) in [7, 11) is 0. The lowest BCUT2D eigenvalue weighted by Gasteiger charge is -2.32. The molecule has 1 fully saturated rings. The van der Waals surface area contributed by atoms with Gasteiger partial charge < -0.3 is 10.2 Å². The van der Waals surface area contributed by atoms with E-state index in [1.54, 1.807) is 6.20 Å². The highest BCUT2D eigenvalue weighted by Gasteiger charge is 2.25. The molecule has 8 nitrogen and oxygen atoms in total. The van der Waals surface area contributed by atoms with E-state index >= 15 is 0 Å². The Labute approximate surface area is 150 Å². The average Bonchev–Trinajstić information content (AvgIpc) is 3.20. The fourth-order valence-electron chi connectivity index (χ4n) is 3.02. The van der Waals surface area contributed by atoms with Crippen LogP contribution in [-0.2, 0) is 0 Å². The predicted octanol–water partition coefficient (Wildman–Crippen LogP) is 1.77. The van der Waals surface area contributed by atoms with Crippen LogP contribution in [0.3, 0.4) is 0 Å². The van der Waals surface area contributed by atoms with Crippen LogP contribution < -0.4 is 5.32 Å². The van der Waals surface area contributed by atoms with Crippen molar-refractivity contribution in [2.24, 2.45) is 0 Å². The summed E-state index contributed by atoms with van der Waals surface area (Å²) in [6.07, 6.45) is 4.89. The summed E-state index contributed by atoms with van der Waals surface area (Å²) in [5, 5.41) is 19.8. The third kappa shape index (κ3) is 3.53. The average molecular weight is 349 g/mol. The van der Waals surface area contributed by atoms with Gasteiger partial charge >= 0.3 is 0 Å². The minimum absolute atomic E-state index is 0.0786. The van der Waals surface area contributed by atoms with Gasteiger partial charge in [0.2, 0.25) is 0 Å². The maximum atomic E-state index is 12.7. The number of rotatable bonds is 4. The van der Waals surface area contributed by atoms with Crippen molar-refractivity contribution >= 4 is 11.7 Å². The number of benzene rings is 1. The Morgan fingerprint density at radius 2 is 1.88 bits per heavy atom. The summed E-state index contributed by atoms with van der Waals surface area (Å²) in [5.74, 6) is 0.688. The predicted molar refractivity (Wildman–Crippen MR) is 95.9 cm³/mol. The number of piperidine rings is 1. The van der Waals surface area contributed by atoms with Crippen molar-refractivity contribution in [2.45, 2.75) is 18.9 Å². The van der Waals surface area contributed by atoms with Crippen LogP contribution in [-0.4, -0.2) is 55.1 Å². The molecule has 1 amide bonds. The molecule has 132 valence electrons. The third-order valence-corrected chi connectivity index (χ3v) is 4.40. The van der Waals surface area contributed by atoms with Gasteiger partial charge in [-0.25, -0.2) is 0 Å². The van der Waals surface area contributed by atoms with Crippen LogP contribution in [0.1, 0.15) is 23.3 Å². The first-order valence-corrected chi connectivity index (χ1v) is 8.61. The van der Waals surface area contributed by atoms with E-state index < -0.39 is 0 Å². The fraction of sp³-hybridized carbons (Fsp3) is 0.278. The Hall–Kier alpha value is -3.29. The Kier molecular flexibility index (Phi) is 4.55. The van der Waals surface area contributed by atoms with Gasteiger partial charge in [-0.05, 0) is 37.1 Å². The van der Waals surface area contributed by atoms with Crippen LogP contribution in [0.15, 0.2) is 54.9 Å². The number of nitrogens with zero attached hydrogens (tertiary/aromatic N) is 6. The van der Waals surface area contributed by atoms with Crippen LogP contribution in [0.2, 0.25) is 0 Å². The molecule has 0 aliphatic carbocycles. The number of anilines is 1. The summed E-state index contributed by atoms with van der Waals surface area (Å²) in [5.41, 5.74) is 1.20. The second kappa shape index (κ2) is 7.30. The van der Waals surface area contributed by atoms with Gasteiger partial charge in [-0.3, -0.25) is 4.79 Å². The quantitative estimate of drug-likeness (QED) is 0.772. The Morgan fingerprint density at radius 3 is 2.62 bits per heavy atom. The van der Waals surface area contributed by atoms with Gasteiger partial charge in [0.15, 0.2) is 5.69 Å². The first-order valence-electron chi connectivity index (χ1n) is 8.61. The van der Waals surface area contributed by atoms with Crippen molar-refractivity contribution in [3.8, 4) is 5.69 Å². The molecular weight excluding hydrogens is 330 g/mol. The van der Waals surface area contributed by atoms with Gasteiger partial charge in [-0.1, -0.05) is 18.2 Å². The van der Waals surface area contributed by atoms with Crippen molar-refractivity contribution < 1.29 is 4.79 Å². The zero-order valence-electron chi connectivity index (χ0n) is 14.2. The monoisotopic (exact) mass is 349 g/mol. The highest BCUT2D eigenvalue weighted by molar-refractivity contribution is 5.92.